The predicted octanol–water partition coefficient (Wildman–Crippen LogP) is 2.92. The van der Waals surface area contributed by atoms with Gasteiger partial charge in [-0.15, -0.1) is 19.7 Å². The Hall–Kier alpha value is -0.820. The normalized spacial score (nSPS) is 10.8. The highest BCUT2D eigenvalue weighted by Crippen LogP contribution is 2.31. The number of hydrogen-bond donors (Lipinski definition) is 1. The summed E-state index contributed by atoms with van der Waals surface area (Å²) in [6, 6.07) is 0. The predicted molar refractivity (Wildman–Crippen MR) is 60.8 cm³/mol. The van der Waals surface area contributed by atoms with Crippen LogP contribution < -0.4 is 5.32 Å². The lowest BCUT2D eigenvalue weighted by Crippen LogP contribution is -2.31. The van der Waals surface area contributed by atoms with Crippen molar-refractivity contribution >= 4 is 0 Å². The van der Waals surface area contributed by atoms with Gasteiger partial charge >= 0.3 is 0 Å². The third kappa shape index (κ3) is 4.09. The van der Waals surface area contributed by atoms with E-state index in [-0.39, 0.29) is 5.41 Å². The molecular weight excluding hydrogens is 158 g/mol. The third-order valence-corrected chi connectivity index (χ3v) is 2.28. The van der Waals surface area contributed by atoms with Crippen molar-refractivity contribution in [3.8, 4) is 0 Å². The fraction of sp³-hybridized carbons (Fsp3) is 0.500. The molecule has 0 radical (unpaired) electrons. The summed E-state index contributed by atoms with van der Waals surface area (Å²) in [6.07, 6.45) is 8.95. The van der Waals surface area contributed by atoms with E-state index in [4.69, 9.17) is 0 Å². The molecule has 0 fully saturated rings. The van der Waals surface area contributed by atoms with E-state index in [1.54, 1.807) is 0 Å². The summed E-state index contributed by atoms with van der Waals surface area (Å²) in [5.74, 6) is 0. The smallest absolute Gasteiger partial charge is 0.00137 e. The molecule has 0 aliphatic heterocycles. The van der Waals surface area contributed by atoms with Gasteiger partial charge in [-0.2, -0.15) is 0 Å². The van der Waals surface area contributed by atoms with Crippen molar-refractivity contribution < 1.29 is 0 Å². The van der Waals surface area contributed by atoms with Crippen molar-refractivity contribution in [2.75, 3.05) is 13.6 Å². The first-order valence-electron chi connectivity index (χ1n) is 4.72. The zero-order valence-electron chi connectivity index (χ0n) is 8.68. The first-order valence-corrected chi connectivity index (χ1v) is 4.72. The van der Waals surface area contributed by atoms with E-state index in [2.05, 4.69) is 25.1 Å². The summed E-state index contributed by atoms with van der Waals surface area (Å²) in [6.45, 7) is 12.4. The molecule has 0 heterocycles. The van der Waals surface area contributed by atoms with E-state index in [0.29, 0.717) is 0 Å². The summed E-state index contributed by atoms with van der Waals surface area (Å²) in [5, 5.41) is 3.22. The van der Waals surface area contributed by atoms with Gasteiger partial charge in [0.05, 0.1) is 0 Å². The van der Waals surface area contributed by atoms with Gasteiger partial charge in [0.2, 0.25) is 0 Å². The average molecular weight is 179 g/mol. The molecule has 0 aromatic rings. The number of hydrogen-bond acceptors (Lipinski definition) is 1. The van der Waals surface area contributed by atoms with Gasteiger partial charge in [0.25, 0.3) is 0 Å². The van der Waals surface area contributed by atoms with Crippen LogP contribution in [0.4, 0.5) is 0 Å². The molecule has 0 aliphatic carbocycles. The monoisotopic (exact) mass is 179 g/mol. The molecular formula is C12H21N. The van der Waals surface area contributed by atoms with Crippen LogP contribution in [-0.2, 0) is 0 Å². The Balaban J connectivity index is 4.44. The van der Waals surface area contributed by atoms with E-state index in [1.807, 2.05) is 25.3 Å². The van der Waals surface area contributed by atoms with E-state index in [1.165, 1.54) is 0 Å². The summed E-state index contributed by atoms with van der Waals surface area (Å²) < 4.78 is 0. The van der Waals surface area contributed by atoms with Gasteiger partial charge in [0.1, 0.15) is 0 Å². The van der Waals surface area contributed by atoms with Gasteiger partial charge in [-0.05, 0) is 31.7 Å². The second-order valence-corrected chi connectivity index (χ2v) is 3.51. The van der Waals surface area contributed by atoms with Gasteiger partial charge in [0, 0.05) is 6.54 Å². The van der Waals surface area contributed by atoms with Gasteiger partial charge in [-0.1, -0.05) is 18.2 Å². The Kier molecular flexibility index (Phi) is 6.25. The Labute approximate surface area is 82.2 Å². The summed E-state index contributed by atoms with van der Waals surface area (Å²) in [7, 11) is 1.98. The molecule has 1 nitrogen and oxygen atoms in total. The van der Waals surface area contributed by atoms with Crippen molar-refractivity contribution in [1.29, 1.82) is 0 Å². The number of nitrogens with one attached hydrogen (secondary N) is 1. The van der Waals surface area contributed by atoms with Crippen LogP contribution in [0.25, 0.3) is 0 Å². The van der Waals surface area contributed by atoms with Crippen LogP contribution in [0, 0.1) is 5.41 Å². The number of rotatable bonds is 8. The van der Waals surface area contributed by atoms with Gasteiger partial charge in [-0.3, -0.25) is 0 Å². The maximum Gasteiger partial charge on any atom is 0.00137 e. The Bertz CT molecular complexity index is 143. The molecule has 74 valence electrons. The molecule has 0 atom stereocenters. The van der Waals surface area contributed by atoms with E-state index >= 15 is 0 Å². The Morgan fingerprint density at radius 2 is 1.38 bits per heavy atom. The molecule has 13 heavy (non-hydrogen) atoms. The fourth-order valence-electron chi connectivity index (χ4n) is 1.76. The first kappa shape index (κ1) is 12.2. The third-order valence-electron chi connectivity index (χ3n) is 2.28. The Morgan fingerprint density at radius 1 is 1.00 bits per heavy atom. The molecule has 0 aliphatic rings. The topological polar surface area (TPSA) is 12.0 Å². The van der Waals surface area contributed by atoms with Gasteiger partial charge in [-0.25, -0.2) is 0 Å². The SMILES string of the molecule is C=CCC(CC=C)(CC=C)CNC. The lowest BCUT2D eigenvalue weighted by Gasteiger charge is -2.30. The molecule has 0 aromatic heterocycles. The minimum Gasteiger partial charge on any atom is -0.319 e. The van der Waals surface area contributed by atoms with Crippen LogP contribution in [-0.4, -0.2) is 13.6 Å². The molecule has 0 amide bonds. The van der Waals surface area contributed by atoms with Crippen molar-refractivity contribution in [2.45, 2.75) is 19.3 Å². The second-order valence-electron chi connectivity index (χ2n) is 3.51. The van der Waals surface area contributed by atoms with Crippen LogP contribution in [0.2, 0.25) is 0 Å². The van der Waals surface area contributed by atoms with Gasteiger partial charge < -0.3 is 5.32 Å². The standard InChI is InChI=1S/C12H21N/c1-5-8-12(9-6-2,10-7-3)11-13-4/h5-7,13H,1-3,8-11H2,4H3. The molecule has 0 rings (SSSR count). The average Bonchev–Trinajstić information content (AvgIpc) is 2.06. The largest absolute Gasteiger partial charge is 0.319 e. The molecule has 0 spiro atoms. The van der Waals surface area contributed by atoms with Crippen LogP contribution in [0.3, 0.4) is 0 Å². The maximum absolute atomic E-state index is 3.80. The quantitative estimate of drug-likeness (QED) is 0.565. The zero-order valence-corrected chi connectivity index (χ0v) is 8.68. The molecule has 0 unspecified atom stereocenters. The lowest BCUT2D eigenvalue weighted by molar-refractivity contribution is 0.289. The number of allylic oxidation sites excluding steroid dienone is 3. The Morgan fingerprint density at radius 3 is 1.62 bits per heavy atom. The van der Waals surface area contributed by atoms with Crippen molar-refractivity contribution in [3.05, 3.63) is 38.0 Å². The maximum atomic E-state index is 3.80. The van der Waals surface area contributed by atoms with Crippen LogP contribution in [0.5, 0.6) is 0 Å². The highest BCUT2D eigenvalue weighted by Gasteiger charge is 2.24. The minimum absolute atomic E-state index is 0.236. The lowest BCUT2D eigenvalue weighted by atomic mass is 9.78. The molecule has 0 aromatic carbocycles. The van der Waals surface area contributed by atoms with Crippen LogP contribution in [0.15, 0.2) is 38.0 Å². The summed E-state index contributed by atoms with van der Waals surface area (Å²) in [5.41, 5.74) is 0.236. The molecule has 0 saturated carbocycles. The first-order chi connectivity index (χ1) is 6.24. The van der Waals surface area contributed by atoms with Crippen LogP contribution in [0.1, 0.15) is 19.3 Å². The highest BCUT2D eigenvalue weighted by molar-refractivity contribution is 4.96. The van der Waals surface area contributed by atoms with Crippen molar-refractivity contribution in [3.63, 3.8) is 0 Å². The van der Waals surface area contributed by atoms with Crippen LogP contribution >= 0.6 is 0 Å². The summed E-state index contributed by atoms with van der Waals surface area (Å²) >= 11 is 0. The van der Waals surface area contributed by atoms with Crippen molar-refractivity contribution in [1.82, 2.24) is 5.32 Å². The molecule has 0 saturated heterocycles. The molecule has 1 N–H and O–H groups in total. The van der Waals surface area contributed by atoms with Crippen molar-refractivity contribution in [2.24, 2.45) is 5.41 Å². The second kappa shape index (κ2) is 6.67. The van der Waals surface area contributed by atoms with Gasteiger partial charge in [0.15, 0.2) is 0 Å². The fourth-order valence-corrected chi connectivity index (χ4v) is 1.76. The van der Waals surface area contributed by atoms with E-state index < -0.39 is 0 Å². The summed E-state index contributed by atoms with van der Waals surface area (Å²) in [4.78, 5) is 0. The van der Waals surface area contributed by atoms with E-state index in [9.17, 15) is 0 Å². The molecule has 0 bridgehead atoms. The highest BCUT2D eigenvalue weighted by atomic mass is 14.8. The molecule has 1 heteroatoms. The minimum atomic E-state index is 0.236. The zero-order chi connectivity index (χ0) is 10.2. The van der Waals surface area contributed by atoms with E-state index in [0.717, 1.165) is 25.8 Å².